The van der Waals surface area contributed by atoms with Gasteiger partial charge in [-0.05, 0) is 44.0 Å². The van der Waals surface area contributed by atoms with Crippen LogP contribution in [0.5, 0.6) is 0 Å². The van der Waals surface area contributed by atoms with E-state index in [0.717, 1.165) is 16.3 Å². The summed E-state index contributed by atoms with van der Waals surface area (Å²) in [5, 5.41) is 3.00. The minimum absolute atomic E-state index is 0.524. The van der Waals surface area contributed by atoms with Crippen molar-refractivity contribution in [2.75, 3.05) is 5.73 Å². The van der Waals surface area contributed by atoms with Crippen molar-refractivity contribution in [1.29, 1.82) is 0 Å². The summed E-state index contributed by atoms with van der Waals surface area (Å²) >= 11 is 1.60. The van der Waals surface area contributed by atoms with Crippen LogP contribution in [0.4, 0.5) is 5.82 Å². The molecule has 0 spiro atoms. The van der Waals surface area contributed by atoms with Crippen LogP contribution in [0.3, 0.4) is 0 Å². The molecule has 0 amide bonds. The molecule has 0 aliphatic rings. The summed E-state index contributed by atoms with van der Waals surface area (Å²) in [6, 6.07) is 8.23. The van der Waals surface area contributed by atoms with Crippen LogP contribution >= 0.6 is 11.3 Å². The van der Waals surface area contributed by atoms with Crippen molar-refractivity contribution < 1.29 is 0 Å². The average molecular weight is 295 g/mol. The Kier molecular flexibility index (Phi) is 3.47. The van der Waals surface area contributed by atoms with Gasteiger partial charge in [-0.15, -0.1) is 11.3 Å². The van der Waals surface area contributed by atoms with Crippen LogP contribution in [0.15, 0.2) is 35.8 Å². The molecule has 4 heteroatoms. The largest absolute Gasteiger partial charge is 0.383 e. The molecule has 3 nitrogen and oxygen atoms in total. The fraction of sp³-hybridized carbons (Fsp3) is 0.176. The number of nitrogens with two attached hydrogens (primary N) is 1. The quantitative estimate of drug-likeness (QED) is 0.763. The summed E-state index contributed by atoms with van der Waals surface area (Å²) in [7, 11) is 0. The number of aromatic nitrogens is 2. The molecule has 106 valence electrons. The van der Waals surface area contributed by atoms with E-state index in [0.29, 0.717) is 5.82 Å². The normalized spacial score (nSPS) is 10.8. The summed E-state index contributed by atoms with van der Waals surface area (Å²) in [5.74, 6) is 0.524. The van der Waals surface area contributed by atoms with Gasteiger partial charge in [0.25, 0.3) is 0 Å². The third-order valence-electron chi connectivity index (χ3n) is 3.51. The molecule has 1 aromatic carbocycles. The SMILES string of the molecule is Cc1cc(C)c(-c2csc(-c3cccnc3N)n2)c(C)c1. The standard InChI is InChI=1S/C17H17N3S/c1-10-7-11(2)15(12(3)8-10)14-9-21-17(20-14)13-5-4-6-19-16(13)18/h4-9H,1-3H3,(H2,18,19). The van der Waals surface area contributed by atoms with Gasteiger partial charge in [-0.3, -0.25) is 0 Å². The Labute approximate surface area is 128 Å². The molecule has 0 fully saturated rings. The summed E-state index contributed by atoms with van der Waals surface area (Å²) in [6.07, 6.45) is 1.70. The lowest BCUT2D eigenvalue weighted by atomic mass is 9.98. The Hall–Kier alpha value is -2.20. The molecule has 3 aromatic rings. The van der Waals surface area contributed by atoms with Crippen LogP contribution in [0, 0.1) is 20.8 Å². The van der Waals surface area contributed by atoms with Crippen molar-refractivity contribution in [1.82, 2.24) is 9.97 Å². The number of hydrogen-bond donors (Lipinski definition) is 1. The number of anilines is 1. The number of benzene rings is 1. The zero-order valence-electron chi connectivity index (χ0n) is 12.3. The van der Waals surface area contributed by atoms with Gasteiger partial charge in [0, 0.05) is 17.1 Å². The highest BCUT2D eigenvalue weighted by Crippen LogP contribution is 2.34. The molecule has 2 heterocycles. The third kappa shape index (κ3) is 2.54. The van der Waals surface area contributed by atoms with E-state index in [1.54, 1.807) is 17.5 Å². The second-order valence-electron chi connectivity index (χ2n) is 5.25. The number of thiazole rings is 1. The van der Waals surface area contributed by atoms with E-state index in [4.69, 9.17) is 10.7 Å². The van der Waals surface area contributed by atoms with Crippen LogP contribution in [0.25, 0.3) is 21.8 Å². The van der Waals surface area contributed by atoms with E-state index >= 15 is 0 Å². The van der Waals surface area contributed by atoms with E-state index in [1.807, 2.05) is 12.1 Å². The fourth-order valence-corrected chi connectivity index (χ4v) is 3.54. The zero-order chi connectivity index (χ0) is 15.0. The highest BCUT2D eigenvalue weighted by molar-refractivity contribution is 7.13. The molecular formula is C17H17N3S. The van der Waals surface area contributed by atoms with E-state index in [-0.39, 0.29) is 0 Å². The predicted octanol–water partition coefficient (Wildman–Crippen LogP) is 4.38. The molecule has 0 bridgehead atoms. The van der Waals surface area contributed by atoms with Gasteiger partial charge in [0.05, 0.1) is 11.3 Å². The fourth-order valence-electron chi connectivity index (χ4n) is 2.69. The molecule has 0 saturated carbocycles. The van der Waals surface area contributed by atoms with Gasteiger partial charge in [0.15, 0.2) is 0 Å². The second-order valence-corrected chi connectivity index (χ2v) is 6.11. The molecule has 0 atom stereocenters. The van der Waals surface area contributed by atoms with Crippen LogP contribution in [-0.4, -0.2) is 9.97 Å². The maximum Gasteiger partial charge on any atom is 0.133 e. The van der Waals surface area contributed by atoms with Gasteiger partial charge in [-0.1, -0.05) is 17.7 Å². The Morgan fingerprint density at radius 2 is 1.81 bits per heavy atom. The molecule has 21 heavy (non-hydrogen) atoms. The van der Waals surface area contributed by atoms with Crippen molar-refractivity contribution >= 4 is 17.2 Å². The van der Waals surface area contributed by atoms with Gasteiger partial charge in [-0.25, -0.2) is 9.97 Å². The summed E-state index contributed by atoms with van der Waals surface area (Å²) < 4.78 is 0. The third-order valence-corrected chi connectivity index (χ3v) is 4.38. The summed E-state index contributed by atoms with van der Waals surface area (Å²) in [5.41, 5.74) is 12.8. The van der Waals surface area contributed by atoms with Gasteiger partial charge in [-0.2, -0.15) is 0 Å². The minimum atomic E-state index is 0.524. The lowest BCUT2D eigenvalue weighted by Gasteiger charge is -2.08. The molecule has 3 rings (SSSR count). The first kappa shape index (κ1) is 13.8. The number of nitrogens with zero attached hydrogens (tertiary/aromatic N) is 2. The molecule has 0 saturated heterocycles. The zero-order valence-corrected chi connectivity index (χ0v) is 13.2. The molecule has 0 radical (unpaired) electrons. The van der Waals surface area contributed by atoms with E-state index in [9.17, 15) is 0 Å². The van der Waals surface area contributed by atoms with Crippen LogP contribution in [0.1, 0.15) is 16.7 Å². The molecule has 0 aliphatic heterocycles. The lowest BCUT2D eigenvalue weighted by Crippen LogP contribution is -1.93. The van der Waals surface area contributed by atoms with Crippen LogP contribution < -0.4 is 5.73 Å². The topological polar surface area (TPSA) is 51.8 Å². The van der Waals surface area contributed by atoms with Gasteiger partial charge in [0.2, 0.25) is 0 Å². The van der Waals surface area contributed by atoms with Gasteiger partial charge >= 0.3 is 0 Å². The van der Waals surface area contributed by atoms with Crippen molar-refractivity contribution in [3.05, 3.63) is 52.5 Å². The van der Waals surface area contributed by atoms with Crippen molar-refractivity contribution in [3.8, 4) is 21.8 Å². The second kappa shape index (κ2) is 5.30. The number of rotatable bonds is 2. The Morgan fingerprint density at radius 1 is 1.10 bits per heavy atom. The molecule has 0 aliphatic carbocycles. The van der Waals surface area contributed by atoms with E-state index in [2.05, 4.69) is 43.3 Å². The first-order valence-corrected chi connectivity index (χ1v) is 7.69. The van der Waals surface area contributed by atoms with E-state index in [1.165, 1.54) is 22.3 Å². The number of pyridine rings is 1. The maximum absolute atomic E-state index is 5.94. The molecule has 2 aromatic heterocycles. The highest BCUT2D eigenvalue weighted by atomic mass is 32.1. The average Bonchev–Trinajstić information content (AvgIpc) is 2.87. The maximum atomic E-state index is 5.94. The van der Waals surface area contributed by atoms with Gasteiger partial charge < -0.3 is 5.73 Å². The lowest BCUT2D eigenvalue weighted by molar-refractivity contribution is 1.28. The highest BCUT2D eigenvalue weighted by Gasteiger charge is 2.13. The first-order valence-electron chi connectivity index (χ1n) is 6.81. The smallest absolute Gasteiger partial charge is 0.133 e. The van der Waals surface area contributed by atoms with Crippen LogP contribution in [-0.2, 0) is 0 Å². The first-order chi connectivity index (χ1) is 10.1. The molecule has 0 unspecified atom stereocenters. The summed E-state index contributed by atoms with van der Waals surface area (Å²) in [4.78, 5) is 8.89. The number of nitrogen functional groups attached to an aromatic ring is 1. The van der Waals surface area contributed by atoms with Crippen molar-refractivity contribution in [2.45, 2.75) is 20.8 Å². The number of hydrogen-bond acceptors (Lipinski definition) is 4. The monoisotopic (exact) mass is 295 g/mol. The van der Waals surface area contributed by atoms with Gasteiger partial charge in [0.1, 0.15) is 10.8 Å². The predicted molar refractivity (Wildman–Crippen MR) is 89.4 cm³/mol. The molecule has 2 N–H and O–H groups in total. The van der Waals surface area contributed by atoms with E-state index < -0.39 is 0 Å². The van der Waals surface area contributed by atoms with Crippen LogP contribution in [0.2, 0.25) is 0 Å². The Morgan fingerprint density at radius 3 is 2.48 bits per heavy atom. The Balaban J connectivity index is 2.10. The molecular weight excluding hydrogens is 278 g/mol. The van der Waals surface area contributed by atoms with Crippen molar-refractivity contribution in [2.24, 2.45) is 0 Å². The number of aryl methyl sites for hydroxylation is 3. The Bertz CT molecular complexity index is 782. The van der Waals surface area contributed by atoms with Crippen molar-refractivity contribution in [3.63, 3.8) is 0 Å². The summed E-state index contributed by atoms with van der Waals surface area (Å²) in [6.45, 7) is 6.38. The minimum Gasteiger partial charge on any atom is -0.383 e.